The molecule has 0 amide bonds. The van der Waals surface area contributed by atoms with Gasteiger partial charge in [0.2, 0.25) is 0 Å². The molecule has 0 aliphatic carbocycles. The highest BCUT2D eigenvalue weighted by Crippen LogP contribution is 2.28. The van der Waals surface area contributed by atoms with E-state index in [-0.39, 0.29) is 6.04 Å². The van der Waals surface area contributed by atoms with Crippen molar-refractivity contribution >= 4 is 33.0 Å². The summed E-state index contributed by atoms with van der Waals surface area (Å²) in [6.45, 7) is 2.21. The summed E-state index contributed by atoms with van der Waals surface area (Å²) < 4.78 is 3.37. The molecular weight excluding hydrogens is 418 g/mol. The minimum absolute atomic E-state index is 0.154. The molecule has 134 valence electrons. The molecule has 0 aliphatic heterocycles. The highest BCUT2D eigenvalue weighted by molar-refractivity contribution is 9.10. The second-order valence-electron chi connectivity index (χ2n) is 6.19. The predicted octanol–water partition coefficient (Wildman–Crippen LogP) is 6.22. The Balaban J connectivity index is 1.92. The maximum Gasteiger partial charge on any atom is 0.191 e. The van der Waals surface area contributed by atoms with Gasteiger partial charge in [0.15, 0.2) is 4.80 Å². The lowest BCUT2D eigenvalue weighted by Crippen LogP contribution is -2.20. The molecule has 0 saturated heterocycles. The van der Waals surface area contributed by atoms with Gasteiger partial charge in [-0.2, -0.15) is 0 Å². The van der Waals surface area contributed by atoms with Gasteiger partial charge >= 0.3 is 0 Å². The summed E-state index contributed by atoms with van der Waals surface area (Å²) in [6.07, 6.45) is 3.55. The number of nitrogens with zero attached hydrogens (tertiary/aromatic N) is 3. The molecule has 4 rings (SSSR count). The minimum atomic E-state index is 0.154. The Hall–Kier alpha value is -2.50. The van der Waals surface area contributed by atoms with Crippen molar-refractivity contribution in [2.75, 3.05) is 0 Å². The monoisotopic (exact) mass is 435 g/mol. The van der Waals surface area contributed by atoms with E-state index in [1.807, 2.05) is 24.3 Å². The minimum Gasteiger partial charge on any atom is -0.309 e. The summed E-state index contributed by atoms with van der Waals surface area (Å²) in [4.78, 5) is 10.0. The van der Waals surface area contributed by atoms with E-state index in [1.165, 1.54) is 5.56 Å². The van der Waals surface area contributed by atoms with Gasteiger partial charge < -0.3 is 4.57 Å². The lowest BCUT2D eigenvalue weighted by Gasteiger charge is -2.18. The zero-order chi connectivity index (χ0) is 18.6. The van der Waals surface area contributed by atoms with Gasteiger partial charge in [-0.25, -0.2) is 4.99 Å². The topological polar surface area (TPSA) is 30.2 Å². The maximum atomic E-state index is 4.86. The van der Waals surface area contributed by atoms with E-state index in [2.05, 4.69) is 80.2 Å². The van der Waals surface area contributed by atoms with Gasteiger partial charge in [0.25, 0.3) is 0 Å². The Morgan fingerprint density at radius 1 is 1.04 bits per heavy atom. The van der Waals surface area contributed by atoms with Gasteiger partial charge in [-0.3, -0.25) is 4.98 Å². The number of thiazole rings is 1. The second kappa shape index (κ2) is 8.03. The van der Waals surface area contributed by atoms with Crippen molar-refractivity contribution in [1.29, 1.82) is 0 Å². The van der Waals surface area contributed by atoms with Crippen molar-refractivity contribution in [3.05, 3.63) is 99.3 Å². The molecule has 2 heterocycles. The van der Waals surface area contributed by atoms with Gasteiger partial charge in [-0.05, 0) is 36.8 Å². The number of hydrogen-bond acceptors (Lipinski definition) is 3. The smallest absolute Gasteiger partial charge is 0.191 e. The van der Waals surface area contributed by atoms with Gasteiger partial charge in [-0.15, -0.1) is 11.3 Å². The fourth-order valence-electron chi connectivity index (χ4n) is 3.05. The van der Waals surface area contributed by atoms with Crippen molar-refractivity contribution in [3.8, 4) is 11.3 Å². The first kappa shape index (κ1) is 17.9. The first-order valence-electron chi connectivity index (χ1n) is 8.68. The summed E-state index contributed by atoms with van der Waals surface area (Å²) in [7, 11) is 0. The quantitative estimate of drug-likeness (QED) is 0.374. The van der Waals surface area contributed by atoms with E-state index < -0.39 is 0 Å². The molecular formula is C22H18BrN3S. The Bertz CT molecular complexity index is 1100. The molecule has 0 N–H and O–H groups in total. The average Bonchev–Trinajstić information content (AvgIpc) is 3.12. The van der Waals surface area contributed by atoms with Crippen molar-refractivity contribution < 1.29 is 0 Å². The number of aromatic nitrogens is 2. The Morgan fingerprint density at radius 2 is 1.89 bits per heavy atom. The molecule has 2 aromatic heterocycles. The van der Waals surface area contributed by atoms with E-state index in [0.29, 0.717) is 0 Å². The SMILES string of the molecule is CC(c1ccccc1)n1c(-c2cccc(Br)c2)csc1=Nc1cccnc1. The third-order valence-electron chi connectivity index (χ3n) is 4.40. The number of halogens is 1. The summed E-state index contributed by atoms with van der Waals surface area (Å²) in [6, 6.07) is 22.9. The van der Waals surface area contributed by atoms with Gasteiger partial charge in [0.1, 0.15) is 0 Å². The largest absolute Gasteiger partial charge is 0.309 e. The van der Waals surface area contributed by atoms with Crippen LogP contribution in [0.1, 0.15) is 18.5 Å². The van der Waals surface area contributed by atoms with Crippen LogP contribution in [0, 0.1) is 0 Å². The van der Waals surface area contributed by atoms with Crippen molar-refractivity contribution in [2.24, 2.45) is 4.99 Å². The summed E-state index contributed by atoms with van der Waals surface area (Å²) in [5.41, 5.74) is 4.42. The number of pyridine rings is 1. The molecule has 0 spiro atoms. The summed E-state index contributed by atoms with van der Waals surface area (Å²) >= 11 is 5.24. The van der Waals surface area contributed by atoms with Crippen LogP contribution in [0.5, 0.6) is 0 Å². The predicted molar refractivity (Wildman–Crippen MR) is 115 cm³/mol. The van der Waals surface area contributed by atoms with Gasteiger partial charge in [0, 0.05) is 21.6 Å². The molecule has 0 radical (unpaired) electrons. The molecule has 4 aromatic rings. The van der Waals surface area contributed by atoms with Crippen LogP contribution < -0.4 is 4.80 Å². The fourth-order valence-corrected chi connectivity index (χ4v) is 4.44. The maximum absolute atomic E-state index is 4.86. The number of hydrogen-bond donors (Lipinski definition) is 0. The first-order valence-corrected chi connectivity index (χ1v) is 10.4. The first-order chi connectivity index (χ1) is 13.2. The lowest BCUT2D eigenvalue weighted by atomic mass is 10.1. The van der Waals surface area contributed by atoms with E-state index in [1.54, 1.807) is 23.7 Å². The highest BCUT2D eigenvalue weighted by Gasteiger charge is 2.16. The number of benzene rings is 2. The second-order valence-corrected chi connectivity index (χ2v) is 7.95. The molecule has 1 atom stereocenters. The van der Waals surface area contributed by atoms with Crippen LogP contribution in [-0.4, -0.2) is 9.55 Å². The summed E-state index contributed by atoms with van der Waals surface area (Å²) in [5.74, 6) is 0. The third kappa shape index (κ3) is 3.94. The van der Waals surface area contributed by atoms with E-state index in [0.717, 1.165) is 26.2 Å². The number of rotatable bonds is 4. The van der Waals surface area contributed by atoms with Crippen molar-refractivity contribution in [2.45, 2.75) is 13.0 Å². The lowest BCUT2D eigenvalue weighted by molar-refractivity contribution is 0.628. The van der Waals surface area contributed by atoms with Crippen LogP contribution in [0.3, 0.4) is 0 Å². The molecule has 0 bridgehead atoms. The zero-order valence-corrected chi connectivity index (χ0v) is 17.2. The van der Waals surface area contributed by atoms with Crippen LogP contribution in [0.15, 0.2) is 94.0 Å². The molecule has 2 aromatic carbocycles. The Kier molecular flexibility index (Phi) is 5.32. The van der Waals surface area contributed by atoms with E-state index in [9.17, 15) is 0 Å². The summed E-state index contributed by atoms with van der Waals surface area (Å²) in [5, 5.41) is 2.18. The van der Waals surface area contributed by atoms with Gasteiger partial charge in [-0.1, -0.05) is 58.4 Å². The van der Waals surface area contributed by atoms with Crippen molar-refractivity contribution in [1.82, 2.24) is 9.55 Å². The molecule has 1 unspecified atom stereocenters. The highest BCUT2D eigenvalue weighted by atomic mass is 79.9. The molecule has 3 nitrogen and oxygen atoms in total. The zero-order valence-electron chi connectivity index (χ0n) is 14.8. The van der Waals surface area contributed by atoms with Gasteiger partial charge in [0.05, 0.1) is 23.6 Å². The molecule has 0 aliphatic rings. The van der Waals surface area contributed by atoms with Crippen LogP contribution in [0.2, 0.25) is 0 Å². The Morgan fingerprint density at radius 3 is 2.63 bits per heavy atom. The standard InChI is InChI=1S/C22H18BrN3S/c1-16(17-7-3-2-4-8-17)26-21(18-9-5-10-19(23)13-18)15-27-22(26)25-20-11-6-12-24-14-20/h2-16H,1H3. The fraction of sp³-hybridized carbons (Fsp3) is 0.0909. The molecule has 0 fully saturated rings. The van der Waals surface area contributed by atoms with Crippen LogP contribution in [0.25, 0.3) is 11.3 Å². The van der Waals surface area contributed by atoms with Crippen molar-refractivity contribution in [3.63, 3.8) is 0 Å². The van der Waals surface area contributed by atoms with E-state index >= 15 is 0 Å². The van der Waals surface area contributed by atoms with Crippen LogP contribution in [0.4, 0.5) is 5.69 Å². The average molecular weight is 436 g/mol. The van der Waals surface area contributed by atoms with Crippen LogP contribution >= 0.6 is 27.3 Å². The molecule has 5 heteroatoms. The normalized spacial score (nSPS) is 12.9. The molecule has 0 saturated carbocycles. The molecule has 27 heavy (non-hydrogen) atoms. The third-order valence-corrected chi connectivity index (χ3v) is 5.74. The van der Waals surface area contributed by atoms with Crippen LogP contribution in [-0.2, 0) is 0 Å². The Labute approximate surface area is 170 Å². The van der Waals surface area contributed by atoms with E-state index in [4.69, 9.17) is 4.99 Å².